The van der Waals surface area contributed by atoms with E-state index < -0.39 is 0 Å². The Morgan fingerprint density at radius 3 is 2.48 bits per heavy atom. The molecule has 2 aromatic carbocycles. The standard InChI is InChI=1S/C20H14O2S/c21-19-16-10-4-5-11-18(16)22-20(14-7-2-1-3-8-14)17(19)13-15-9-6-12-23-15/h1-13,20H/b17-13-/t20-/m0/s1. The van der Waals surface area contributed by atoms with Crippen molar-refractivity contribution in [1.29, 1.82) is 0 Å². The fourth-order valence-electron chi connectivity index (χ4n) is 2.77. The molecule has 1 aliphatic rings. The van der Waals surface area contributed by atoms with Crippen LogP contribution in [0.5, 0.6) is 5.75 Å². The zero-order chi connectivity index (χ0) is 15.6. The second kappa shape index (κ2) is 5.86. The van der Waals surface area contributed by atoms with Gasteiger partial charge in [0.15, 0.2) is 11.9 Å². The number of ketones is 1. The molecule has 0 radical (unpaired) electrons. The molecule has 1 aromatic heterocycles. The fourth-order valence-corrected chi connectivity index (χ4v) is 3.43. The highest BCUT2D eigenvalue weighted by Gasteiger charge is 2.32. The van der Waals surface area contributed by atoms with E-state index in [1.807, 2.05) is 78.2 Å². The summed E-state index contributed by atoms with van der Waals surface area (Å²) in [6, 6.07) is 21.3. The van der Waals surface area contributed by atoms with Crippen LogP contribution in [0, 0.1) is 0 Å². The first kappa shape index (κ1) is 14.0. The van der Waals surface area contributed by atoms with Crippen LogP contribution < -0.4 is 4.74 Å². The molecule has 1 aliphatic heterocycles. The molecule has 0 bridgehead atoms. The van der Waals surface area contributed by atoms with Crippen LogP contribution in [0.2, 0.25) is 0 Å². The van der Waals surface area contributed by atoms with Gasteiger partial charge in [-0.3, -0.25) is 4.79 Å². The maximum absolute atomic E-state index is 13.0. The van der Waals surface area contributed by atoms with Gasteiger partial charge in [-0.15, -0.1) is 11.3 Å². The average molecular weight is 318 g/mol. The lowest BCUT2D eigenvalue weighted by Gasteiger charge is -2.28. The zero-order valence-corrected chi connectivity index (χ0v) is 13.1. The van der Waals surface area contributed by atoms with Crippen molar-refractivity contribution in [2.75, 3.05) is 0 Å². The molecule has 4 rings (SSSR count). The first-order valence-electron chi connectivity index (χ1n) is 7.43. The summed E-state index contributed by atoms with van der Waals surface area (Å²) in [6.07, 6.45) is 1.57. The highest BCUT2D eigenvalue weighted by molar-refractivity contribution is 7.10. The van der Waals surface area contributed by atoms with E-state index in [4.69, 9.17) is 4.74 Å². The first-order valence-corrected chi connectivity index (χ1v) is 8.31. The molecule has 112 valence electrons. The smallest absolute Gasteiger partial charge is 0.196 e. The summed E-state index contributed by atoms with van der Waals surface area (Å²) in [4.78, 5) is 14.0. The van der Waals surface area contributed by atoms with Crippen molar-refractivity contribution in [2.45, 2.75) is 6.10 Å². The molecule has 0 amide bonds. The maximum Gasteiger partial charge on any atom is 0.196 e. The lowest BCUT2D eigenvalue weighted by molar-refractivity contribution is 0.0963. The average Bonchev–Trinajstić information content (AvgIpc) is 3.11. The van der Waals surface area contributed by atoms with Gasteiger partial charge in [-0.2, -0.15) is 0 Å². The number of hydrogen-bond acceptors (Lipinski definition) is 3. The molecule has 0 saturated carbocycles. The molecule has 23 heavy (non-hydrogen) atoms. The Kier molecular flexibility index (Phi) is 3.56. The van der Waals surface area contributed by atoms with Gasteiger partial charge in [0.1, 0.15) is 5.75 Å². The van der Waals surface area contributed by atoms with Gasteiger partial charge in [-0.25, -0.2) is 0 Å². The van der Waals surface area contributed by atoms with Gasteiger partial charge in [0.2, 0.25) is 0 Å². The molecule has 1 atom stereocenters. The van der Waals surface area contributed by atoms with E-state index in [1.54, 1.807) is 11.3 Å². The summed E-state index contributed by atoms with van der Waals surface area (Å²) in [6.45, 7) is 0. The number of carbonyl (C=O) groups excluding carboxylic acids is 1. The lowest BCUT2D eigenvalue weighted by atomic mass is 9.90. The third kappa shape index (κ3) is 2.60. The zero-order valence-electron chi connectivity index (χ0n) is 12.3. The van der Waals surface area contributed by atoms with Crippen LogP contribution in [0.3, 0.4) is 0 Å². The van der Waals surface area contributed by atoms with Gasteiger partial charge in [0.25, 0.3) is 0 Å². The van der Waals surface area contributed by atoms with E-state index in [9.17, 15) is 4.79 Å². The second-order valence-corrected chi connectivity index (χ2v) is 6.33. The highest BCUT2D eigenvalue weighted by atomic mass is 32.1. The SMILES string of the molecule is O=C1/C(=C/c2cccs2)[C@H](c2ccccc2)Oc2ccccc21. The lowest BCUT2D eigenvalue weighted by Crippen LogP contribution is -2.23. The number of fused-ring (bicyclic) bond motifs is 1. The minimum Gasteiger partial charge on any atom is -0.480 e. The maximum atomic E-state index is 13.0. The second-order valence-electron chi connectivity index (χ2n) is 5.35. The first-order chi connectivity index (χ1) is 11.3. The van der Waals surface area contributed by atoms with Crippen molar-refractivity contribution in [2.24, 2.45) is 0 Å². The third-order valence-electron chi connectivity index (χ3n) is 3.86. The van der Waals surface area contributed by atoms with Crippen molar-refractivity contribution in [3.05, 3.63) is 93.7 Å². The number of ether oxygens (including phenoxy) is 1. The van der Waals surface area contributed by atoms with Crippen LogP contribution in [-0.4, -0.2) is 5.78 Å². The molecule has 0 N–H and O–H groups in total. The molecule has 0 saturated heterocycles. The molecule has 3 heteroatoms. The number of thiophene rings is 1. The third-order valence-corrected chi connectivity index (χ3v) is 4.68. The van der Waals surface area contributed by atoms with Crippen LogP contribution in [0.25, 0.3) is 6.08 Å². The van der Waals surface area contributed by atoms with E-state index in [-0.39, 0.29) is 11.9 Å². The van der Waals surface area contributed by atoms with Crippen LogP contribution in [0.1, 0.15) is 26.9 Å². The number of Topliss-reactive ketones (excluding diaryl/α,β-unsaturated/α-hetero) is 1. The summed E-state index contributed by atoms with van der Waals surface area (Å²) >= 11 is 1.61. The molecular weight excluding hydrogens is 304 g/mol. The normalized spacial score (nSPS) is 18.5. The number of benzene rings is 2. The molecule has 3 aromatic rings. The van der Waals surface area contributed by atoms with Crippen LogP contribution in [0.15, 0.2) is 77.7 Å². The number of para-hydroxylation sites is 1. The van der Waals surface area contributed by atoms with E-state index in [2.05, 4.69) is 0 Å². The molecule has 0 aliphatic carbocycles. The Balaban J connectivity index is 1.87. The van der Waals surface area contributed by atoms with Gasteiger partial charge in [0.05, 0.1) is 5.56 Å². The summed E-state index contributed by atoms with van der Waals surface area (Å²) in [5.41, 5.74) is 2.29. The molecular formula is C20H14O2S. The minimum absolute atomic E-state index is 0.0362. The molecule has 0 unspecified atom stereocenters. The van der Waals surface area contributed by atoms with E-state index >= 15 is 0 Å². The molecule has 0 spiro atoms. The predicted octanol–water partition coefficient (Wildman–Crippen LogP) is 5.15. The monoisotopic (exact) mass is 318 g/mol. The summed E-state index contributed by atoms with van der Waals surface area (Å²) in [7, 11) is 0. The molecule has 2 nitrogen and oxygen atoms in total. The minimum atomic E-state index is -0.374. The van der Waals surface area contributed by atoms with E-state index in [1.165, 1.54) is 0 Å². The van der Waals surface area contributed by atoms with Crippen molar-refractivity contribution in [3.8, 4) is 5.75 Å². The Morgan fingerprint density at radius 1 is 0.913 bits per heavy atom. The Hall–Kier alpha value is -2.65. The Labute approximate surface area is 138 Å². The quantitative estimate of drug-likeness (QED) is 0.611. The van der Waals surface area contributed by atoms with Crippen LogP contribution in [0.4, 0.5) is 0 Å². The highest BCUT2D eigenvalue weighted by Crippen LogP contribution is 2.39. The van der Waals surface area contributed by atoms with Gasteiger partial charge in [0, 0.05) is 10.5 Å². The molecule has 2 heterocycles. The van der Waals surface area contributed by atoms with Gasteiger partial charge in [-0.1, -0.05) is 48.5 Å². The molecule has 0 fully saturated rings. The number of rotatable bonds is 2. The predicted molar refractivity (Wildman–Crippen MR) is 92.9 cm³/mol. The van der Waals surface area contributed by atoms with E-state index in [0.717, 1.165) is 10.4 Å². The van der Waals surface area contributed by atoms with Crippen molar-refractivity contribution in [3.63, 3.8) is 0 Å². The van der Waals surface area contributed by atoms with Gasteiger partial charge >= 0.3 is 0 Å². The van der Waals surface area contributed by atoms with Crippen molar-refractivity contribution >= 4 is 23.2 Å². The number of carbonyl (C=O) groups is 1. The summed E-state index contributed by atoms with van der Waals surface area (Å²) in [5, 5.41) is 2.01. The number of hydrogen-bond donors (Lipinski definition) is 0. The topological polar surface area (TPSA) is 26.3 Å². The fraction of sp³-hybridized carbons (Fsp3) is 0.0500. The summed E-state index contributed by atoms with van der Waals surface area (Å²) < 4.78 is 6.17. The van der Waals surface area contributed by atoms with Crippen molar-refractivity contribution in [1.82, 2.24) is 0 Å². The van der Waals surface area contributed by atoms with E-state index in [0.29, 0.717) is 16.9 Å². The van der Waals surface area contributed by atoms with Gasteiger partial charge in [-0.05, 0) is 35.2 Å². The van der Waals surface area contributed by atoms with Crippen LogP contribution >= 0.6 is 11.3 Å². The summed E-state index contributed by atoms with van der Waals surface area (Å²) in [5.74, 6) is 0.684. The Bertz CT molecular complexity index is 864. The largest absolute Gasteiger partial charge is 0.480 e. The van der Waals surface area contributed by atoms with Crippen molar-refractivity contribution < 1.29 is 9.53 Å². The Morgan fingerprint density at radius 2 is 1.70 bits per heavy atom. The van der Waals surface area contributed by atoms with Crippen LogP contribution in [-0.2, 0) is 0 Å². The van der Waals surface area contributed by atoms with Gasteiger partial charge < -0.3 is 4.74 Å².